The van der Waals surface area contributed by atoms with Gasteiger partial charge in [0.15, 0.2) is 17.2 Å². The zero-order valence-corrected chi connectivity index (χ0v) is 14.7. The third-order valence-electron chi connectivity index (χ3n) is 4.44. The van der Waals surface area contributed by atoms with Crippen LogP contribution in [0.1, 0.15) is 21.6 Å². The predicted molar refractivity (Wildman–Crippen MR) is 101 cm³/mol. The maximum absolute atomic E-state index is 12.6. The minimum absolute atomic E-state index is 0.0430. The van der Waals surface area contributed by atoms with E-state index in [2.05, 4.69) is 19.9 Å². The molecule has 8 heteroatoms. The standard InChI is InChI=1S/C19H16N6O2/c1-10-5-6-13(8-11(10)2)25-18-15(23-19(25)27)14(16(20)26)22-17(24-18)12-4-3-7-21-9-12/h3-9H,1-2H3,(H2,20,26)(H,23,27). The van der Waals surface area contributed by atoms with Gasteiger partial charge in [-0.1, -0.05) is 6.07 Å². The minimum atomic E-state index is -0.749. The molecule has 8 nitrogen and oxygen atoms in total. The van der Waals surface area contributed by atoms with E-state index in [-0.39, 0.29) is 22.7 Å². The zero-order chi connectivity index (χ0) is 19.1. The Labute approximate surface area is 153 Å². The van der Waals surface area contributed by atoms with Crippen molar-refractivity contribution in [1.82, 2.24) is 24.5 Å². The van der Waals surface area contributed by atoms with E-state index in [0.29, 0.717) is 11.3 Å². The van der Waals surface area contributed by atoms with Gasteiger partial charge in [0, 0.05) is 18.0 Å². The molecule has 134 valence electrons. The van der Waals surface area contributed by atoms with Crippen LogP contribution in [0.4, 0.5) is 0 Å². The van der Waals surface area contributed by atoms with Gasteiger partial charge < -0.3 is 10.7 Å². The smallest absolute Gasteiger partial charge is 0.332 e. The Morgan fingerprint density at radius 2 is 1.96 bits per heavy atom. The van der Waals surface area contributed by atoms with Crippen LogP contribution >= 0.6 is 0 Å². The lowest BCUT2D eigenvalue weighted by molar-refractivity contribution is 0.0997. The van der Waals surface area contributed by atoms with Crippen molar-refractivity contribution in [2.24, 2.45) is 5.73 Å². The molecule has 3 aromatic heterocycles. The highest BCUT2D eigenvalue weighted by molar-refractivity contribution is 6.02. The average Bonchev–Trinajstić information content (AvgIpc) is 2.99. The number of amides is 1. The molecule has 3 heterocycles. The third-order valence-corrected chi connectivity index (χ3v) is 4.44. The lowest BCUT2D eigenvalue weighted by Gasteiger charge is -2.08. The van der Waals surface area contributed by atoms with Crippen molar-refractivity contribution in [2.75, 3.05) is 0 Å². The number of fused-ring (bicyclic) bond motifs is 1. The topological polar surface area (TPSA) is 120 Å². The van der Waals surface area contributed by atoms with Crippen molar-refractivity contribution < 1.29 is 4.79 Å². The summed E-state index contributed by atoms with van der Waals surface area (Å²) in [6.45, 7) is 3.95. The first-order chi connectivity index (χ1) is 13.0. The van der Waals surface area contributed by atoms with Gasteiger partial charge in [-0.3, -0.25) is 9.78 Å². The summed E-state index contributed by atoms with van der Waals surface area (Å²) in [7, 11) is 0. The van der Waals surface area contributed by atoms with Crippen LogP contribution in [0.15, 0.2) is 47.5 Å². The first-order valence-electron chi connectivity index (χ1n) is 8.26. The summed E-state index contributed by atoms with van der Waals surface area (Å²) in [6, 6.07) is 9.14. The molecule has 0 saturated heterocycles. The third kappa shape index (κ3) is 2.77. The van der Waals surface area contributed by atoms with Gasteiger partial charge in [0.1, 0.15) is 5.52 Å². The van der Waals surface area contributed by atoms with Crippen LogP contribution in [0.3, 0.4) is 0 Å². The fourth-order valence-electron chi connectivity index (χ4n) is 2.89. The van der Waals surface area contributed by atoms with Gasteiger partial charge in [-0.15, -0.1) is 0 Å². The predicted octanol–water partition coefficient (Wildman–Crippen LogP) is 1.89. The Hall–Kier alpha value is -3.81. The van der Waals surface area contributed by atoms with Crippen molar-refractivity contribution in [3.8, 4) is 17.1 Å². The van der Waals surface area contributed by atoms with Crippen LogP contribution in [0.25, 0.3) is 28.2 Å². The Morgan fingerprint density at radius 3 is 2.63 bits per heavy atom. The molecule has 0 unspecified atom stereocenters. The highest BCUT2D eigenvalue weighted by Crippen LogP contribution is 2.22. The highest BCUT2D eigenvalue weighted by Gasteiger charge is 2.20. The molecule has 0 bridgehead atoms. The van der Waals surface area contributed by atoms with E-state index in [1.165, 1.54) is 4.57 Å². The van der Waals surface area contributed by atoms with Crippen molar-refractivity contribution in [3.63, 3.8) is 0 Å². The number of carbonyl (C=O) groups is 1. The van der Waals surface area contributed by atoms with Crippen LogP contribution in [0.5, 0.6) is 0 Å². The summed E-state index contributed by atoms with van der Waals surface area (Å²) < 4.78 is 1.41. The molecule has 0 radical (unpaired) electrons. The Bertz CT molecular complexity index is 1240. The second kappa shape index (κ2) is 6.17. The van der Waals surface area contributed by atoms with Crippen molar-refractivity contribution >= 4 is 17.1 Å². The SMILES string of the molecule is Cc1ccc(-n2c(=O)[nH]c3c(C(N)=O)nc(-c4cccnc4)nc32)cc1C. The molecule has 0 aliphatic rings. The van der Waals surface area contributed by atoms with E-state index in [0.717, 1.165) is 11.1 Å². The number of nitrogens with two attached hydrogens (primary N) is 1. The number of pyridine rings is 1. The second-order valence-electron chi connectivity index (χ2n) is 6.23. The average molecular weight is 360 g/mol. The molecule has 1 aromatic carbocycles. The number of aryl methyl sites for hydroxylation is 2. The van der Waals surface area contributed by atoms with Gasteiger partial charge in [-0.25, -0.2) is 19.3 Å². The van der Waals surface area contributed by atoms with E-state index < -0.39 is 11.6 Å². The molecule has 3 N–H and O–H groups in total. The Balaban J connectivity index is 2.07. The number of aromatic nitrogens is 5. The number of H-pyrrole nitrogens is 1. The molecule has 0 fully saturated rings. The minimum Gasteiger partial charge on any atom is -0.364 e. The first-order valence-corrected chi connectivity index (χ1v) is 8.26. The number of nitrogens with one attached hydrogen (secondary N) is 1. The lowest BCUT2D eigenvalue weighted by atomic mass is 10.1. The number of aromatic amines is 1. The zero-order valence-electron chi connectivity index (χ0n) is 14.7. The highest BCUT2D eigenvalue weighted by atomic mass is 16.2. The number of imidazole rings is 1. The summed E-state index contributed by atoms with van der Waals surface area (Å²) in [5.41, 5.74) is 8.91. The van der Waals surface area contributed by atoms with Gasteiger partial charge in [0.25, 0.3) is 5.91 Å². The monoisotopic (exact) mass is 360 g/mol. The fraction of sp³-hybridized carbons (Fsp3) is 0.105. The molecule has 4 rings (SSSR count). The summed E-state index contributed by atoms with van der Waals surface area (Å²) in [4.78, 5) is 40.0. The summed E-state index contributed by atoms with van der Waals surface area (Å²) in [5, 5.41) is 0. The van der Waals surface area contributed by atoms with Crippen LogP contribution in [-0.2, 0) is 0 Å². The van der Waals surface area contributed by atoms with Crippen LogP contribution in [0.2, 0.25) is 0 Å². The molecule has 0 aliphatic heterocycles. The quantitative estimate of drug-likeness (QED) is 0.578. The fourth-order valence-corrected chi connectivity index (χ4v) is 2.89. The molecule has 0 saturated carbocycles. The van der Waals surface area contributed by atoms with Gasteiger partial charge >= 0.3 is 5.69 Å². The van der Waals surface area contributed by atoms with E-state index in [4.69, 9.17) is 5.73 Å². The normalized spacial score (nSPS) is 11.0. The van der Waals surface area contributed by atoms with E-state index in [9.17, 15) is 9.59 Å². The first kappa shape index (κ1) is 16.6. The van der Waals surface area contributed by atoms with Crippen molar-refractivity contribution in [2.45, 2.75) is 13.8 Å². The molecule has 0 atom stereocenters. The van der Waals surface area contributed by atoms with Gasteiger partial charge in [0.05, 0.1) is 5.69 Å². The van der Waals surface area contributed by atoms with E-state index in [1.54, 1.807) is 24.5 Å². The molecule has 0 spiro atoms. The largest absolute Gasteiger partial charge is 0.364 e. The van der Waals surface area contributed by atoms with Crippen molar-refractivity contribution in [1.29, 1.82) is 0 Å². The number of hydrogen-bond acceptors (Lipinski definition) is 5. The van der Waals surface area contributed by atoms with Crippen LogP contribution in [-0.4, -0.2) is 30.4 Å². The Kier molecular flexibility index (Phi) is 3.80. The number of primary amides is 1. The summed E-state index contributed by atoms with van der Waals surface area (Å²) in [5.74, 6) is -0.484. The van der Waals surface area contributed by atoms with Crippen molar-refractivity contribution in [3.05, 3.63) is 70.0 Å². The van der Waals surface area contributed by atoms with E-state index in [1.807, 2.05) is 32.0 Å². The maximum atomic E-state index is 12.6. The van der Waals surface area contributed by atoms with E-state index >= 15 is 0 Å². The molecule has 4 aromatic rings. The molecule has 0 aliphatic carbocycles. The number of carbonyl (C=O) groups excluding carboxylic acids is 1. The second-order valence-corrected chi connectivity index (χ2v) is 6.23. The van der Waals surface area contributed by atoms with Crippen LogP contribution < -0.4 is 11.4 Å². The lowest BCUT2D eigenvalue weighted by Crippen LogP contribution is -2.15. The summed E-state index contributed by atoms with van der Waals surface area (Å²) >= 11 is 0. The maximum Gasteiger partial charge on any atom is 0.332 e. The molecule has 1 amide bonds. The number of nitrogens with zero attached hydrogens (tertiary/aromatic N) is 4. The van der Waals surface area contributed by atoms with Gasteiger partial charge in [-0.05, 0) is 49.2 Å². The summed E-state index contributed by atoms with van der Waals surface area (Å²) in [6.07, 6.45) is 3.20. The van der Waals surface area contributed by atoms with Gasteiger partial charge in [0.2, 0.25) is 0 Å². The van der Waals surface area contributed by atoms with Crippen LogP contribution in [0, 0.1) is 13.8 Å². The molecular formula is C19H16N6O2. The van der Waals surface area contributed by atoms with Gasteiger partial charge in [-0.2, -0.15) is 0 Å². The number of benzene rings is 1. The molecule has 27 heavy (non-hydrogen) atoms. The number of rotatable bonds is 3. The molecular weight excluding hydrogens is 344 g/mol. The Morgan fingerprint density at radius 1 is 1.15 bits per heavy atom. The number of hydrogen-bond donors (Lipinski definition) is 2.